The number of hydrogen-bond acceptors (Lipinski definition) is 6. The number of carbonyl (C=O) groups excluding carboxylic acids is 1. The molecule has 4 fully saturated rings. The maximum Gasteiger partial charge on any atom is 0.344 e. The van der Waals surface area contributed by atoms with E-state index in [0.29, 0.717) is 11.5 Å². The molecule has 9 heteroatoms. The average molecular weight is 483 g/mol. The van der Waals surface area contributed by atoms with E-state index in [1.54, 1.807) is 0 Å². The highest BCUT2D eigenvalue weighted by Gasteiger charge is 2.45. The van der Waals surface area contributed by atoms with Gasteiger partial charge in [0.25, 0.3) is 0 Å². The summed E-state index contributed by atoms with van der Waals surface area (Å²) in [5, 5.41) is 11.5. The van der Waals surface area contributed by atoms with Crippen LogP contribution in [0.3, 0.4) is 0 Å². The van der Waals surface area contributed by atoms with Crippen LogP contribution in [0.1, 0.15) is 18.4 Å². The Labute approximate surface area is 198 Å². The number of fused-ring (bicyclic) bond motifs is 3. The molecule has 1 aromatic carbocycles. The van der Waals surface area contributed by atoms with Crippen LogP contribution in [-0.4, -0.2) is 91.3 Å². The SMILES string of the molecule is CN1CCN(CC(O)(C(=O)OC2CN3CCC2CC3)c2ccccc2)CC1.Cl.Cl.Cl. The van der Waals surface area contributed by atoms with Gasteiger partial charge < -0.3 is 14.7 Å². The minimum atomic E-state index is -1.62. The highest BCUT2D eigenvalue weighted by Crippen LogP contribution is 2.32. The van der Waals surface area contributed by atoms with Crippen LogP contribution >= 0.6 is 37.2 Å². The number of rotatable bonds is 5. The first-order chi connectivity index (χ1) is 13.0. The summed E-state index contributed by atoms with van der Waals surface area (Å²) >= 11 is 0. The maximum atomic E-state index is 13.2. The lowest BCUT2D eigenvalue weighted by Gasteiger charge is -2.45. The summed E-state index contributed by atoms with van der Waals surface area (Å²) < 4.78 is 5.94. The number of piperazine rings is 1. The number of ether oxygens (including phenoxy) is 1. The van der Waals surface area contributed by atoms with E-state index in [1.165, 1.54) is 0 Å². The Hall–Kier alpha value is -0.600. The van der Waals surface area contributed by atoms with E-state index in [2.05, 4.69) is 21.7 Å². The van der Waals surface area contributed by atoms with Crippen molar-refractivity contribution >= 4 is 43.2 Å². The van der Waals surface area contributed by atoms with Gasteiger partial charge in [0.15, 0.2) is 5.60 Å². The summed E-state index contributed by atoms with van der Waals surface area (Å²) in [5.74, 6) is -0.0611. The third-order valence-electron chi connectivity index (χ3n) is 6.49. The zero-order chi connectivity index (χ0) is 18.9. The Morgan fingerprint density at radius 3 is 2.17 bits per heavy atom. The standard InChI is InChI=1S/C21H31N3O3.3ClH/c1-22-11-13-24(14-12-22)16-21(26,18-5-3-2-4-6-18)20(25)27-19-15-23-9-7-17(19)8-10-23;;;/h2-6,17,19,26H,7-16H2,1H3;3*1H. The summed E-state index contributed by atoms with van der Waals surface area (Å²) in [7, 11) is 2.10. The molecule has 2 bridgehead atoms. The molecule has 30 heavy (non-hydrogen) atoms. The van der Waals surface area contributed by atoms with Crippen molar-refractivity contribution in [1.82, 2.24) is 14.7 Å². The first kappa shape index (κ1) is 27.4. The zero-order valence-corrected chi connectivity index (χ0v) is 19.9. The number of benzene rings is 1. The highest BCUT2D eigenvalue weighted by atomic mass is 35.5. The van der Waals surface area contributed by atoms with E-state index >= 15 is 0 Å². The third kappa shape index (κ3) is 6.00. The second-order valence-corrected chi connectivity index (χ2v) is 8.39. The number of likely N-dealkylation sites (N-methyl/N-ethyl adjacent to an activating group) is 1. The third-order valence-corrected chi connectivity index (χ3v) is 6.49. The lowest BCUT2D eigenvalue weighted by atomic mass is 9.85. The molecule has 0 saturated carbocycles. The number of esters is 1. The number of hydrogen-bond donors (Lipinski definition) is 1. The molecular weight excluding hydrogens is 449 g/mol. The van der Waals surface area contributed by atoms with Crippen LogP contribution in [0.25, 0.3) is 0 Å². The van der Waals surface area contributed by atoms with Crippen LogP contribution < -0.4 is 0 Å². The molecule has 4 saturated heterocycles. The fourth-order valence-corrected chi connectivity index (χ4v) is 4.60. The van der Waals surface area contributed by atoms with Crippen LogP contribution in [0.5, 0.6) is 0 Å². The summed E-state index contributed by atoms with van der Waals surface area (Å²) in [5.41, 5.74) is -1.00. The minimum Gasteiger partial charge on any atom is -0.458 e. The van der Waals surface area contributed by atoms with Crippen molar-refractivity contribution in [3.63, 3.8) is 0 Å². The molecule has 2 unspecified atom stereocenters. The molecule has 0 amide bonds. The molecule has 0 aromatic heterocycles. The molecule has 0 aliphatic carbocycles. The Bertz CT molecular complexity index is 653. The van der Waals surface area contributed by atoms with Gasteiger partial charge in [-0.05, 0) is 44.5 Å². The van der Waals surface area contributed by atoms with Crippen LogP contribution in [0.4, 0.5) is 0 Å². The van der Waals surface area contributed by atoms with Crippen molar-refractivity contribution in [2.45, 2.75) is 24.5 Å². The van der Waals surface area contributed by atoms with Gasteiger partial charge in [0.05, 0.1) is 0 Å². The van der Waals surface area contributed by atoms with Crippen LogP contribution in [0.2, 0.25) is 0 Å². The van der Waals surface area contributed by atoms with E-state index < -0.39 is 11.6 Å². The highest BCUT2D eigenvalue weighted by molar-refractivity contribution is 5.86. The monoisotopic (exact) mass is 481 g/mol. The molecule has 172 valence electrons. The first-order valence-electron chi connectivity index (χ1n) is 10.2. The molecule has 0 radical (unpaired) electrons. The Balaban J connectivity index is 0.00000150. The number of halogens is 3. The van der Waals surface area contributed by atoms with Crippen molar-refractivity contribution in [3.05, 3.63) is 35.9 Å². The van der Waals surface area contributed by atoms with Gasteiger partial charge in [-0.1, -0.05) is 30.3 Å². The largest absolute Gasteiger partial charge is 0.458 e. The number of aliphatic hydroxyl groups is 1. The van der Waals surface area contributed by atoms with Crippen LogP contribution in [0.15, 0.2) is 30.3 Å². The van der Waals surface area contributed by atoms with Gasteiger partial charge in [0.2, 0.25) is 0 Å². The molecule has 1 N–H and O–H groups in total. The van der Waals surface area contributed by atoms with Crippen molar-refractivity contribution in [2.75, 3.05) is 59.4 Å². The molecule has 4 aliphatic heterocycles. The van der Waals surface area contributed by atoms with E-state index in [4.69, 9.17) is 4.74 Å². The molecule has 6 nitrogen and oxygen atoms in total. The van der Waals surface area contributed by atoms with Crippen molar-refractivity contribution < 1.29 is 14.6 Å². The van der Waals surface area contributed by atoms with Crippen molar-refractivity contribution in [3.8, 4) is 0 Å². The minimum absolute atomic E-state index is 0. The van der Waals surface area contributed by atoms with Crippen LogP contribution in [-0.2, 0) is 15.1 Å². The van der Waals surface area contributed by atoms with Gasteiger partial charge in [0.1, 0.15) is 6.10 Å². The number of β-amino-alcohol motifs (C(OH)–C–C–N with tert-alkyl or cyclic N) is 1. The van der Waals surface area contributed by atoms with Gasteiger partial charge in [-0.15, -0.1) is 37.2 Å². The Morgan fingerprint density at radius 1 is 1.03 bits per heavy atom. The predicted molar refractivity (Wildman–Crippen MR) is 125 cm³/mol. The van der Waals surface area contributed by atoms with E-state index in [1.807, 2.05) is 30.3 Å². The second-order valence-electron chi connectivity index (χ2n) is 8.39. The fraction of sp³-hybridized carbons (Fsp3) is 0.667. The number of nitrogens with zero attached hydrogens (tertiary/aromatic N) is 3. The molecule has 2 atom stereocenters. The summed E-state index contributed by atoms with van der Waals surface area (Å²) in [6, 6.07) is 9.29. The quantitative estimate of drug-likeness (QED) is 0.648. The summed E-state index contributed by atoms with van der Waals surface area (Å²) in [4.78, 5) is 20.0. The smallest absolute Gasteiger partial charge is 0.344 e. The van der Waals surface area contributed by atoms with Gasteiger partial charge in [-0.3, -0.25) is 9.80 Å². The molecular formula is C21H34Cl3N3O3. The van der Waals surface area contributed by atoms with Gasteiger partial charge in [-0.25, -0.2) is 4.79 Å². The molecule has 4 aliphatic rings. The fourth-order valence-electron chi connectivity index (χ4n) is 4.60. The Kier molecular flexibility index (Phi) is 10.8. The lowest BCUT2D eigenvalue weighted by molar-refractivity contribution is -0.184. The topological polar surface area (TPSA) is 56.3 Å². The van der Waals surface area contributed by atoms with Gasteiger partial charge >= 0.3 is 5.97 Å². The van der Waals surface area contributed by atoms with Crippen LogP contribution in [0, 0.1) is 5.92 Å². The molecule has 1 aromatic rings. The molecule has 4 heterocycles. The normalized spacial score (nSPS) is 28.3. The lowest BCUT2D eigenvalue weighted by Crippen LogP contribution is -2.56. The van der Waals surface area contributed by atoms with E-state index in [0.717, 1.165) is 58.7 Å². The van der Waals surface area contributed by atoms with Crippen molar-refractivity contribution in [1.29, 1.82) is 0 Å². The predicted octanol–water partition coefficient (Wildman–Crippen LogP) is 2.02. The Morgan fingerprint density at radius 2 is 1.63 bits per heavy atom. The maximum absolute atomic E-state index is 13.2. The number of piperidine rings is 3. The first-order valence-corrected chi connectivity index (χ1v) is 10.2. The molecule has 0 spiro atoms. The van der Waals surface area contributed by atoms with Crippen molar-refractivity contribution in [2.24, 2.45) is 5.92 Å². The average Bonchev–Trinajstić information content (AvgIpc) is 2.71. The van der Waals surface area contributed by atoms with Gasteiger partial charge in [0, 0.05) is 39.3 Å². The van der Waals surface area contributed by atoms with E-state index in [-0.39, 0.29) is 49.9 Å². The molecule has 5 rings (SSSR count). The zero-order valence-electron chi connectivity index (χ0n) is 17.4. The van der Waals surface area contributed by atoms with Gasteiger partial charge in [-0.2, -0.15) is 0 Å². The number of carbonyl (C=O) groups is 1. The summed E-state index contributed by atoms with van der Waals surface area (Å²) in [6.07, 6.45) is 2.07. The van der Waals surface area contributed by atoms with E-state index in [9.17, 15) is 9.90 Å². The summed E-state index contributed by atoms with van der Waals surface area (Å²) in [6.45, 7) is 6.86. The second kappa shape index (κ2) is 11.9.